The Hall–Kier alpha value is -6.74. The summed E-state index contributed by atoms with van der Waals surface area (Å²) < 4.78 is 28.0. The summed E-state index contributed by atoms with van der Waals surface area (Å²) in [5.74, 6) is -1.19. The van der Waals surface area contributed by atoms with Crippen molar-refractivity contribution in [3.05, 3.63) is 136 Å². The summed E-state index contributed by atoms with van der Waals surface area (Å²) in [4.78, 5) is 10.8. The fourth-order valence-corrected chi connectivity index (χ4v) is 5.93. The van der Waals surface area contributed by atoms with E-state index in [-0.39, 0.29) is 11.3 Å². The maximum Gasteiger partial charge on any atom is 0.222 e. The minimum atomic E-state index is -0.596. The van der Waals surface area contributed by atoms with Crippen LogP contribution in [0.3, 0.4) is 0 Å². The van der Waals surface area contributed by atoms with Crippen LogP contribution in [0, 0.1) is 47.6 Å². The summed E-state index contributed by atoms with van der Waals surface area (Å²) in [5.41, 5.74) is 2.67. The van der Waals surface area contributed by atoms with Gasteiger partial charge in [0.1, 0.15) is 17.7 Å². The second-order valence-electron chi connectivity index (χ2n) is 10.2. The van der Waals surface area contributed by atoms with Crippen molar-refractivity contribution in [1.82, 2.24) is 0 Å². The Morgan fingerprint density at radius 3 is 1.68 bits per heavy atom. The summed E-state index contributed by atoms with van der Waals surface area (Å²) in [6.07, 6.45) is 1.92. The van der Waals surface area contributed by atoms with Crippen LogP contribution in [0.25, 0.3) is 75.1 Å². The first kappa shape index (κ1) is 26.2. The van der Waals surface area contributed by atoms with Crippen molar-refractivity contribution in [3.63, 3.8) is 0 Å². The van der Waals surface area contributed by atoms with Crippen molar-refractivity contribution in [2.24, 2.45) is 10.1 Å². The van der Waals surface area contributed by atoms with E-state index >= 15 is 0 Å². The molecule has 7 aromatic rings. The molecular weight excluding hydrogens is 554 g/mol. The zero-order valence-corrected chi connectivity index (χ0v) is 22.5. The van der Waals surface area contributed by atoms with E-state index in [0.29, 0.717) is 21.8 Å². The Balaban J connectivity index is 1.52. The average Bonchev–Trinajstić information content (AvgIpc) is 3.51. The molecule has 6 nitrogen and oxygen atoms in total. The van der Waals surface area contributed by atoms with Gasteiger partial charge in [0.15, 0.2) is 5.36 Å². The van der Waals surface area contributed by atoms with E-state index in [2.05, 4.69) is 19.9 Å². The Labute approximate surface area is 248 Å². The van der Waals surface area contributed by atoms with Crippen LogP contribution in [0.5, 0.6) is 0 Å². The van der Waals surface area contributed by atoms with Crippen LogP contribution >= 0.6 is 0 Å². The van der Waals surface area contributed by atoms with E-state index < -0.39 is 11.6 Å². The van der Waals surface area contributed by atoms with Gasteiger partial charge >= 0.3 is 0 Å². The van der Waals surface area contributed by atoms with Gasteiger partial charge in [0, 0.05) is 21.5 Å². The smallest absolute Gasteiger partial charge is 0.222 e. The molecule has 0 fully saturated rings. The molecular formula is C36H14F2N6. The highest BCUT2D eigenvalue weighted by molar-refractivity contribution is 6.21. The molecule has 0 unspecified atom stereocenters. The molecule has 0 aliphatic heterocycles. The quantitative estimate of drug-likeness (QED) is 0.119. The molecule has 0 heterocycles. The summed E-state index contributed by atoms with van der Waals surface area (Å²) in [6, 6.07) is 25.8. The zero-order chi connectivity index (χ0) is 30.5. The lowest BCUT2D eigenvalue weighted by atomic mass is 10.0. The molecule has 8 heteroatoms. The van der Waals surface area contributed by atoms with Gasteiger partial charge in [-0.1, -0.05) is 36.4 Å². The van der Waals surface area contributed by atoms with E-state index in [1.54, 1.807) is 12.1 Å². The first-order chi connectivity index (χ1) is 21.4. The molecule has 0 N–H and O–H groups in total. The molecule has 0 spiro atoms. The van der Waals surface area contributed by atoms with Crippen LogP contribution < -0.4 is 10.7 Å². The van der Waals surface area contributed by atoms with Crippen molar-refractivity contribution >= 4 is 48.8 Å². The van der Waals surface area contributed by atoms with Crippen molar-refractivity contribution in [2.45, 2.75) is 0 Å². The topological polar surface area (TPSA) is 81.0 Å². The third kappa shape index (κ3) is 3.88. The third-order valence-electron chi connectivity index (χ3n) is 7.93. The number of halogens is 2. The summed E-state index contributed by atoms with van der Waals surface area (Å²) in [6.45, 7) is 14.8. The number of nitrogens with zero attached hydrogens (tertiary/aromatic N) is 6. The van der Waals surface area contributed by atoms with Gasteiger partial charge in [0.25, 0.3) is 0 Å². The number of rotatable bonds is 2. The predicted molar refractivity (Wildman–Crippen MR) is 164 cm³/mol. The van der Waals surface area contributed by atoms with Gasteiger partial charge in [-0.25, -0.2) is 13.6 Å². The number of fused-ring (bicyclic) bond motifs is 6. The number of hydrogen-bond acceptors (Lipinski definition) is 4. The van der Waals surface area contributed by atoms with Crippen LogP contribution in [0.4, 0.5) is 14.5 Å². The maximum atomic E-state index is 14.0. The van der Waals surface area contributed by atoms with E-state index in [1.165, 1.54) is 24.3 Å². The minimum Gasteiger partial charge on any atom is -0.235 e. The van der Waals surface area contributed by atoms with E-state index in [1.807, 2.05) is 60.8 Å². The van der Waals surface area contributed by atoms with Gasteiger partial charge in [-0.15, -0.1) is 4.95 Å². The van der Waals surface area contributed by atoms with Crippen LogP contribution in [0.1, 0.15) is 5.56 Å². The molecule has 202 valence electrons. The maximum absolute atomic E-state index is 14.0. The second-order valence-corrected chi connectivity index (χ2v) is 10.2. The van der Waals surface area contributed by atoms with Crippen molar-refractivity contribution in [3.8, 4) is 34.5 Å². The van der Waals surface area contributed by atoms with Gasteiger partial charge in [0.2, 0.25) is 11.9 Å². The van der Waals surface area contributed by atoms with Crippen molar-refractivity contribution < 1.29 is 8.78 Å². The fourth-order valence-electron chi connectivity index (χ4n) is 5.93. The largest absolute Gasteiger partial charge is 0.235 e. The van der Waals surface area contributed by atoms with Crippen molar-refractivity contribution in [2.75, 3.05) is 0 Å². The molecule has 0 atom stereocenters. The first-order valence-corrected chi connectivity index (χ1v) is 13.2. The number of benzene rings is 5. The molecule has 0 aromatic heterocycles. The normalized spacial score (nSPS) is 12.0. The molecule has 7 aromatic carbocycles. The highest BCUT2D eigenvalue weighted by Crippen LogP contribution is 2.36. The zero-order valence-electron chi connectivity index (χ0n) is 22.5. The van der Waals surface area contributed by atoms with Gasteiger partial charge in [-0.3, -0.25) is 0 Å². The molecule has 0 radical (unpaired) electrons. The van der Waals surface area contributed by atoms with Crippen LogP contribution in [0.2, 0.25) is 0 Å². The molecule has 0 bridgehead atoms. The highest BCUT2D eigenvalue weighted by Gasteiger charge is 2.18. The molecule has 0 amide bonds. The molecule has 0 aliphatic carbocycles. The Kier molecular flexibility index (Phi) is 5.93. The standard InChI is InChI=1S/C36H14F2N6/c1-41-34-14-22(6-10-33(34)38)21-4-8-25-27-15-30-26(16-31(27)36(44-42-2)29(25)13-21)24-7-3-20(12-28(24)35(30)43-18-40)19-5-9-32(37)23(11-19)17-39/h3-16H/b43-35?,44-36-. The SMILES string of the molecule is [C-]#[N+]/N=c1/c2cc(-c3ccc(F)c([N+]#[C-])c3)ccc2c2cc3c(=NC#N)c4cc(-c5ccc(F)c(C#N)c5)ccc4c3cc12. The lowest BCUT2D eigenvalue weighted by Crippen LogP contribution is -1.99. The van der Waals surface area contributed by atoms with Crippen LogP contribution in [0.15, 0.2) is 95.0 Å². The number of nitriles is 2. The molecule has 7 rings (SSSR count). The van der Waals surface area contributed by atoms with Gasteiger partial charge in [0.05, 0.1) is 22.6 Å². The minimum absolute atomic E-state index is 0.0617. The van der Waals surface area contributed by atoms with E-state index in [0.717, 1.165) is 54.2 Å². The van der Waals surface area contributed by atoms with E-state index in [4.69, 9.17) is 13.1 Å². The van der Waals surface area contributed by atoms with Crippen LogP contribution in [-0.4, -0.2) is 0 Å². The Morgan fingerprint density at radius 2 is 1.09 bits per heavy atom. The lowest BCUT2D eigenvalue weighted by molar-refractivity contribution is 0.624. The predicted octanol–water partition coefficient (Wildman–Crippen LogP) is 8.33. The summed E-state index contributed by atoms with van der Waals surface area (Å²) in [7, 11) is 0. The molecule has 0 aliphatic rings. The summed E-state index contributed by atoms with van der Waals surface area (Å²) >= 11 is 0. The highest BCUT2D eigenvalue weighted by atomic mass is 19.1. The number of hydrogen-bond donors (Lipinski definition) is 0. The second kappa shape index (κ2) is 9.97. The average molecular weight is 569 g/mol. The monoisotopic (exact) mass is 568 g/mol. The van der Waals surface area contributed by atoms with Crippen LogP contribution in [-0.2, 0) is 0 Å². The molecule has 0 saturated heterocycles. The summed E-state index contributed by atoms with van der Waals surface area (Å²) in [5, 5.41) is 30.3. The van der Waals surface area contributed by atoms with Gasteiger partial charge in [-0.2, -0.15) is 22.1 Å². The Bertz CT molecular complexity index is 2500. The lowest BCUT2D eigenvalue weighted by Gasteiger charge is -2.04. The van der Waals surface area contributed by atoms with Gasteiger partial charge < -0.3 is 0 Å². The Morgan fingerprint density at radius 1 is 0.568 bits per heavy atom. The first-order valence-electron chi connectivity index (χ1n) is 13.2. The third-order valence-corrected chi connectivity index (χ3v) is 7.93. The molecule has 44 heavy (non-hydrogen) atoms. The van der Waals surface area contributed by atoms with E-state index in [9.17, 15) is 19.3 Å². The van der Waals surface area contributed by atoms with Gasteiger partial charge in [-0.05, 0) is 92.3 Å². The molecule has 0 saturated carbocycles. The van der Waals surface area contributed by atoms with Crippen molar-refractivity contribution in [1.29, 1.82) is 10.5 Å². The fraction of sp³-hybridized carbons (Fsp3) is 0.